The van der Waals surface area contributed by atoms with Gasteiger partial charge in [-0.15, -0.1) is 0 Å². The number of pyridine rings is 1. The highest BCUT2D eigenvalue weighted by Gasteiger charge is 2.07. The summed E-state index contributed by atoms with van der Waals surface area (Å²) < 4.78 is 0. The summed E-state index contributed by atoms with van der Waals surface area (Å²) in [5.41, 5.74) is 1.09. The lowest BCUT2D eigenvalue weighted by atomic mass is 10.1. The van der Waals surface area contributed by atoms with Crippen LogP contribution in [-0.2, 0) is 6.42 Å². The van der Waals surface area contributed by atoms with E-state index in [1.165, 1.54) is 0 Å². The Bertz CT molecular complexity index is 271. The Labute approximate surface area is 79.0 Å². The van der Waals surface area contributed by atoms with Crippen molar-refractivity contribution in [2.45, 2.75) is 19.4 Å². The number of hydrogen-bond acceptors (Lipinski definition) is 3. The molecule has 1 N–H and O–H groups in total. The van der Waals surface area contributed by atoms with E-state index in [9.17, 15) is 5.11 Å². The van der Waals surface area contributed by atoms with Crippen LogP contribution in [0.4, 0.5) is 5.82 Å². The second-order valence-electron chi connectivity index (χ2n) is 3.43. The summed E-state index contributed by atoms with van der Waals surface area (Å²) in [7, 11) is 3.90. The lowest BCUT2D eigenvalue weighted by Gasteiger charge is -2.16. The van der Waals surface area contributed by atoms with E-state index >= 15 is 0 Å². The molecule has 0 aliphatic heterocycles. The van der Waals surface area contributed by atoms with Crippen molar-refractivity contribution in [2.24, 2.45) is 0 Å². The molecule has 1 aromatic rings. The van der Waals surface area contributed by atoms with Crippen LogP contribution < -0.4 is 4.90 Å². The van der Waals surface area contributed by atoms with Crippen LogP contribution in [0.3, 0.4) is 0 Å². The highest BCUT2D eigenvalue weighted by atomic mass is 16.3. The largest absolute Gasteiger partial charge is 0.393 e. The summed E-state index contributed by atoms with van der Waals surface area (Å²) in [5, 5.41) is 9.27. The third-order valence-electron chi connectivity index (χ3n) is 1.81. The second kappa shape index (κ2) is 4.23. The van der Waals surface area contributed by atoms with Crippen LogP contribution in [-0.4, -0.2) is 30.3 Å². The first kappa shape index (κ1) is 9.99. The van der Waals surface area contributed by atoms with Gasteiger partial charge in [0.05, 0.1) is 6.10 Å². The molecule has 3 nitrogen and oxygen atoms in total. The molecule has 0 saturated heterocycles. The van der Waals surface area contributed by atoms with Gasteiger partial charge < -0.3 is 10.0 Å². The number of aromatic nitrogens is 1. The zero-order valence-electron chi connectivity index (χ0n) is 8.36. The molecule has 0 radical (unpaired) electrons. The van der Waals surface area contributed by atoms with Gasteiger partial charge in [-0.2, -0.15) is 0 Å². The third kappa shape index (κ3) is 2.70. The fourth-order valence-corrected chi connectivity index (χ4v) is 1.31. The van der Waals surface area contributed by atoms with Crippen molar-refractivity contribution >= 4 is 5.82 Å². The lowest BCUT2D eigenvalue weighted by molar-refractivity contribution is 0.195. The van der Waals surface area contributed by atoms with Gasteiger partial charge in [0.2, 0.25) is 0 Å². The molecule has 3 heteroatoms. The predicted molar refractivity (Wildman–Crippen MR) is 53.9 cm³/mol. The number of aliphatic hydroxyl groups is 1. The number of nitrogens with zero attached hydrogens (tertiary/aromatic N) is 2. The van der Waals surface area contributed by atoms with Gasteiger partial charge in [-0.1, -0.05) is 6.07 Å². The van der Waals surface area contributed by atoms with Crippen LogP contribution in [0.15, 0.2) is 18.3 Å². The van der Waals surface area contributed by atoms with Gasteiger partial charge in [0, 0.05) is 26.7 Å². The highest BCUT2D eigenvalue weighted by molar-refractivity contribution is 5.45. The zero-order chi connectivity index (χ0) is 9.84. The molecule has 0 fully saturated rings. The molecule has 72 valence electrons. The molecule has 0 aliphatic carbocycles. The molecule has 1 heterocycles. The van der Waals surface area contributed by atoms with Crippen LogP contribution >= 0.6 is 0 Å². The average molecular weight is 180 g/mol. The van der Waals surface area contributed by atoms with Crippen molar-refractivity contribution in [3.8, 4) is 0 Å². The lowest BCUT2D eigenvalue weighted by Crippen LogP contribution is -2.15. The topological polar surface area (TPSA) is 36.4 Å². The summed E-state index contributed by atoms with van der Waals surface area (Å²) >= 11 is 0. The van der Waals surface area contributed by atoms with E-state index in [4.69, 9.17) is 0 Å². The van der Waals surface area contributed by atoms with E-state index in [0.717, 1.165) is 11.4 Å². The van der Waals surface area contributed by atoms with Crippen molar-refractivity contribution in [1.82, 2.24) is 4.98 Å². The Hall–Kier alpha value is -1.09. The maximum atomic E-state index is 9.27. The molecule has 1 unspecified atom stereocenters. The van der Waals surface area contributed by atoms with Crippen LogP contribution in [0.1, 0.15) is 12.5 Å². The first-order valence-corrected chi connectivity index (χ1v) is 4.40. The van der Waals surface area contributed by atoms with Gasteiger partial charge >= 0.3 is 0 Å². The molecule has 13 heavy (non-hydrogen) atoms. The van der Waals surface area contributed by atoms with Crippen LogP contribution in [0.2, 0.25) is 0 Å². The fourth-order valence-electron chi connectivity index (χ4n) is 1.31. The summed E-state index contributed by atoms with van der Waals surface area (Å²) in [6.07, 6.45) is 2.10. The number of aliphatic hydroxyl groups excluding tert-OH is 1. The van der Waals surface area contributed by atoms with Gasteiger partial charge in [0.1, 0.15) is 5.82 Å². The summed E-state index contributed by atoms with van der Waals surface area (Å²) in [5.74, 6) is 0.934. The monoisotopic (exact) mass is 180 g/mol. The second-order valence-corrected chi connectivity index (χ2v) is 3.43. The van der Waals surface area contributed by atoms with E-state index in [-0.39, 0.29) is 6.10 Å². The van der Waals surface area contributed by atoms with Gasteiger partial charge in [-0.25, -0.2) is 4.98 Å². The van der Waals surface area contributed by atoms with E-state index in [1.54, 1.807) is 13.1 Å². The molecular weight excluding hydrogens is 164 g/mol. The van der Waals surface area contributed by atoms with E-state index in [0.29, 0.717) is 6.42 Å². The van der Waals surface area contributed by atoms with Gasteiger partial charge in [-0.3, -0.25) is 0 Å². The molecule has 0 aliphatic rings. The fraction of sp³-hybridized carbons (Fsp3) is 0.500. The number of rotatable bonds is 3. The molecule has 1 aromatic heterocycles. The normalized spacial score (nSPS) is 12.6. The minimum Gasteiger partial charge on any atom is -0.393 e. The maximum Gasteiger partial charge on any atom is 0.131 e. The standard InChI is InChI=1S/C10H16N2O/c1-8(13)7-9-5-4-6-11-10(9)12(2)3/h4-6,8,13H,7H2,1-3H3. The molecule has 1 rings (SSSR count). The highest BCUT2D eigenvalue weighted by Crippen LogP contribution is 2.15. The van der Waals surface area contributed by atoms with Gasteiger partial charge in [0.25, 0.3) is 0 Å². The van der Waals surface area contributed by atoms with E-state index in [1.807, 2.05) is 31.1 Å². The van der Waals surface area contributed by atoms with Crippen molar-refractivity contribution in [1.29, 1.82) is 0 Å². The summed E-state index contributed by atoms with van der Waals surface area (Å²) in [6, 6.07) is 3.89. The number of hydrogen-bond donors (Lipinski definition) is 1. The minimum absolute atomic E-state index is 0.317. The Balaban J connectivity index is 2.91. The van der Waals surface area contributed by atoms with E-state index < -0.39 is 0 Å². The quantitative estimate of drug-likeness (QED) is 0.756. The van der Waals surface area contributed by atoms with E-state index in [2.05, 4.69) is 4.98 Å². The van der Waals surface area contributed by atoms with Gasteiger partial charge in [0.15, 0.2) is 0 Å². The summed E-state index contributed by atoms with van der Waals surface area (Å²) in [6.45, 7) is 1.78. The van der Waals surface area contributed by atoms with Crippen LogP contribution in [0, 0.1) is 0 Å². The molecule has 0 saturated carbocycles. The Morgan fingerprint density at radius 1 is 1.54 bits per heavy atom. The molecular formula is C10H16N2O. The number of anilines is 1. The smallest absolute Gasteiger partial charge is 0.131 e. The maximum absolute atomic E-state index is 9.27. The Kier molecular flexibility index (Phi) is 3.25. The van der Waals surface area contributed by atoms with Crippen LogP contribution in [0.25, 0.3) is 0 Å². The molecule has 1 atom stereocenters. The zero-order valence-corrected chi connectivity index (χ0v) is 8.36. The molecule has 0 amide bonds. The van der Waals surface area contributed by atoms with Gasteiger partial charge in [-0.05, 0) is 18.6 Å². The SMILES string of the molecule is CC(O)Cc1cccnc1N(C)C. The van der Waals surface area contributed by atoms with Crippen molar-refractivity contribution in [3.63, 3.8) is 0 Å². The molecule has 0 bridgehead atoms. The first-order valence-electron chi connectivity index (χ1n) is 4.40. The average Bonchev–Trinajstić information content (AvgIpc) is 2.03. The third-order valence-corrected chi connectivity index (χ3v) is 1.81. The van der Waals surface area contributed by atoms with Crippen molar-refractivity contribution in [3.05, 3.63) is 23.9 Å². The van der Waals surface area contributed by atoms with Crippen molar-refractivity contribution in [2.75, 3.05) is 19.0 Å². The predicted octanol–water partition coefficient (Wildman–Crippen LogP) is 1.07. The van der Waals surface area contributed by atoms with Crippen LogP contribution in [0.5, 0.6) is 0 Å². The first-order chi connectivity index (χ1) is 6.11. The Morgan fingerprint density at radius 2 is 2.23 bits per heavy atom. The van der Waals surface area contributed by atoms with Crippen molar-refractivity contribution < 1.29 is 5.11 Å². The minimum atomic E-state index is -0.317. The molecule has 0 spiro atoms. The Morgan fingerprint density at radius 3 is 2.77 bits per heavy atom. The summed E-state index contributed by atoms with van der Waals surface area (Å²) in [4.78, 5) is 6.20. The molecule has 0 aromatic carbocycles.